The van der Waals surface area contributed by atoms with Crippen LogP contribution in [-0.4, -0.2) is 55.1 Å². The zero-order valence-electron chi connectivity index (χ0n) is 24.3. The summed E-state index contributed by atoms with van der Waals surface area (Å²) in [5, 5.41) is 3.05. The lowest BCUT2D eigenvalue weighted by Crippen LogP contribution is -2.33. The first-order valence-corrected chi connectivity index (χ1v) is 14.5. The molecule has 0 radical (unpaired) electrons. The molecule has 1 aromatic heterocycles. The number of carbonyl (C=O) groups excluding carboxylic acids is 2. The summed E-state index contributed by atoms with van der Waals surface area (Å²) in [6, 6.07) is 17.5. The van der Waals surface area contributed by atoms with Gasteiger partial charge >= 0.3 is 0 Å². The van der Waals surface area contributed by atoms with Crippen molar-refractivity contribution in [2.45, 2.75) is 58.7 Å². The van der Waals surface area contributed by atoms with Crippen molar-refractivity contribution in [1.29, 1.82) is 0 Å². The Morgan fingerprint density at radius 1 is 0.927 bits per heavy atom. The number of methoxy groups -OCH3 is 1. The predicted octanol–water partition coefficient (Wildman–Crippen LogP) is 5.36. The van der Waals surface area contributed by atoms with Crippen LogP contribution >= 0.6 is 0 Å². The first kappa shape index (κ1) is 30.2. The van der Waals surface area contributed by atoms with Gasteiger partial charge in [-0.15, -0.1) is 0 Å². The number of nitrogens with zero attached hydrogens (tertiary/aromatic N) is 3. The fourth-order valence-corrected chi connectivity index (χ4v) is 5.18. The molecule has 41 heavy (non-hydrogen) atoms. The molecule has 1 aliphatic rings. The van der Waals surface area contributed by atoms with E-state index in [0.29, 0.717) is 38.4 Å². The van der Waals surface area contributed by atoms with Crippen LogP contribution in [0.3, 0.4) is 0 Å². The van der Waals surface area contributed by atoms with Crippen LogP contribution in [0.2, 0.25) is 0 Å². The molecule has 4 rings (SSSR count). The van der Waals surface area contributed by atoms with Gasteiger partial charge in [-0.05, 0) is 72.5 Å². The Kier molecular flexibility index (Phi) is 11.7. The highest BCUT2D eigenvalue weighted by molar-refractivity contribution is 5.97. The van der Waals surface area contributed by atoms with E-state index >= 15 is 0 Å². The Labute approximate surface area is 243 Å². The zero-order valence-corrected chi connectivity index (χ0v) is 24.3. The average Bonchev–Trinajstić information content (AvgIpc) is 2.97. The van der Waals surface area contributed by atoms with Crippen LogP contribution in [-0.2, 0) is 29.2 Å². The number of aromatic nitrogens is 1. The van der Waals surface area contributed by atoms with Crippen molar-refractivity contribution in [3.05, 3.63) is 89.2 Å². The van der Waals surface area contributed by atoms with Gasteiger partial charge in [-0.3, -0.25) is 19.5 Å². The van der Waals surface area contributed by atoms with Crippen molar-refractivity contribution in [1.82, 2.24) is 15.2 Å². The third-order valence-electron chi connectivity index (χ3n) is 7.30. The number of fused-ring (bicyclic) bond motifs is 1. The van der Waals surface area contributed by atoms with Crippen molar-refractivity contribution >= 4 is 17.5 Å². The summed E-state index contributed by atoms with van der Waals surface area (Å²) < 4.78 is 10.7. The topological polar surface area (TPSA) is 84.0 Å². The molecule has 0 unspecified atom stereocenters. The van der Waals surface area contributed by atoms with E-state index < -0.39 is 0 Å². The molecule has 0 atom stereocenters. The Bertz CT molecular complexity index is 1270. The van der Waals surface area contributed by atoms with Gasteiger partial charge in [0.25, 0.3) is 5.91 Å². The van der Waals surface area contributed by atoms with Crippen LogP contribution in [0.5, 0.6) is 5.75 Å². The molecule has 2 aromatic carbocycles. The predicted molar refractivity (Wildman–Crippen MR) is 161 cm³/mol. The third-order valence-corrected chi connectivity index (χ3v) is 7.30. The van der Waals surface area contributed by atoms with Crippen molar-refractivity contribution in [3.8, 4) is 5.75 Å². The number of pyridine rings is 1. The van der Waals surface area contributed by atoms with Crippen molar-refractivity contribution in [3.63, 3.8) is 0 Å². The Hall–Kier alpha value is -3.75. The smallest absolute Gasteiger partial charge is 0.251 e. The number of carbonyl (C=O) groups is 2. The molecule has 8 nitrogen and oxygen atoms in total. The second kappa shape index (κ2) is 15.9. The number of hydrogen-bond acceptors (Lipinski definition) is 6. The molecule has 0 spiro atoms. The number of ether oxygens (including phenoxy) is 2. The highest BCUT2D eigenvalue weighted by Crippen LogP contribution is 2.27. The Morgan fingerprint density at radius 2 is 1.73 bits per heavy atom. The Morgan fingerprint density at radius 3 is 2.51 bits per heavy atom. The molecule has 8 heteroatoms. The maximum atomic E-state index is 13.3. The summed E-state index contributed by atoms with van der Waals surface area (Å²) in [7, 11) is 1.64. The monoisotopic (exact) mass is 558 g/mol. The Balaban J connectivity index is 1.55. The number of hydrogen-bond donors (Lipinski definition) is 1. The molecule has 0 saturated heterocycles. The lowest BCUT2D eigenvalue weighted by Gasteiger charge is -2.29. The molecule has 218 valence electrons. The minimum Gasteiger partial charge on any atom is -0.491 e. The number of amides is 2. The fraction of sp³-hybridized carbons (Fsp3) is 0.424. The van der Waals surface area contributed by atoms with Crippen molar-refractivity contribution in [2.75, 3.05) is 38.3 Å². The van der Waals surface area contributed by atoms with Gasteiger partial charge in [0.15, 0.2) is 0 Å². The lowest BCUT2D eigenvalue weighted by atomic mass is 10.0. The summed E-state index contributed by atoms with van der Waals surface area (Å²) in [5.41, 5.74) is 4.53. The first-order chi connectivity index (χ1) is 20.0. The van der Waals surface area contributed by atoms with Crippen LogP contribution < -0.4 is 15.0 Å². The minimum atomic E-state index is -0.155. The van der Waals surface area contributed by atoms with E-state index in [9.17, 15) is 9.59 Å². The molecule has 3 aromatic rings. The summed E-state index contributed by atoms with van der Waals surface area (Å²) in [5.74, 6) is 0.608. The maximum Gasteiger partial charge on any atom is 0.251 e. The number of nitrogens with one attached hydrogen (secondary N) is 1. The second-order valence-electron chi connectivity index (χ2n) is 10.5. The highest BCUT2D eigenvalue weighted by atomic mass is 16.5. The molecule has 1 N–H and O–H groups in total. The molecular weight excluding hydrogens is 516 g/mol. The quantitative estimate of drug-likeness (QED) is 0.356. The fourth-order valence-electron chi connectivity index (χ4n) is 5.18. The van der Waals surface area contributed by atoms with Gasteiger partial charge in [0, 0.05) is 63.9 Å². The van der Waals surface area contributed by atoms with E-state index in [1.807, 2.05) is 59.6 Å². The third kappa shape index (κ3) is 9.40. The first-order valence-electron chi connectivity index (χ1n) is 14.5. The normalized spacial score (nSPS) is 14.8. The van der Waals surface area contributed by atoms with Gasteiger partial charge in [0.05, 0.1) is 6.61 Å². The standard InChI is InChI=1S/C33H42N4O4/c1-26(38)37-17-7-5-3-4-6-16-36(24-28-11-9-15-34-22-28)25-30-21-29(13-14-32(30)37)33(39)35-23-27-10-8-12-31(20-27)41-19-18-40-2/h8-15,20-22H,3-7,16-19,23-25H2,1-2H3,(H,35,39). The SMILES string of the molecule is COCCOc1cccc(CNC(=O)c2ccc3c(c2)CN(Cc2cccnc2)CCCCCCCN3C(C)=O)c1. The van der Waals surface area contributed by atoms with E-state index in [2.05, 4.69) is 21.3 Å². The molecule has 0 bridgehead atoms. The van der Waals surface area contributed by atoms with E-state index in [0.717, 1.165) is 66.9 Å². The lowest BCUT2D eigenvalue weighted by molar-refractivity contribution is -0.116. The minimum absolute atomic E-state index is 0.0203. The average molecular weight is 559 g/mol. The maximum absolute atomic E-state index is 13.3. The molecule has 2 amide bonds. The number of benzene rings is 2. The van der Waals surface area contributed by atoms with Crippen LogP contribution in [0, 0.1) is 0 Å². The van der Waals surface area contributed by atoms with Crippen LogP contribution in [0.15, 0.2) is 67.0 Å². The molecular formula is C33H42N4O4. The van der Waals surface area contributed by atoms with Gasteiger partial charge in [0.2, 0.25) is 5.91 Å². The zero-order chi connectivity index (χ0) is 28.9. The molecule has 2 heterocycles. The van der Waals surface area contributed by atoms with Gasteiger partial charge in [-0.2, -0.15) is 0 Å². The molecule has 0 saturated carbocycles. The van der Waals surface area contributed by atoms with Crippen LogP contribution in [0.1, 0.15) is 66.1 Å². The van der Waals surface area contributed by atoms with Gasteiger partial charge in [0.1, 0.15) is 12.4 Å². The number of anilines is 1. The summed E-state index contributed by atoms with van der Waals surface area (Å²) in [6.07, 6.45) is 9.20. The van der Waals surface area contributed by atoms with E-state index in [-0.39, 0.29) is 11.8 Å². The highest BCUT2D eigenvalue weighted by Gasteiger charge is 2.20. The van der Waals surface area contributed by atoms with E-state index in [1.54, 1.807) is 20.2 Å². The van der Waals surface area contributed by atoms with Gasteiger partial charge in [-0.25, -0.2) is 0 Å². The van der Waals surface area contributed by atoms with Crippen LogP contribution in [0.25, 0.3) is 0 Å². The van der Waals surface area contributed by atoms with Gasteiger partial charge in [-0.1, -0.05) is 37.5 Å². The summed E-state index contributed by atoms with van der Waals surface area (Å²) in [6.45, 7) is 5.99. The summed E-state index contributed by atoms with van der Waals surface area (Å²) in [4.78, 5) is 34.6. The van der Waals surface area contributed by atoms with E-state index in [4.69, 9.17) is 9.47 Å². The molecule has 0 aliphatic carbocycles. The number of rotatable bonds is 9. The molecule has 1 aliphatic heterocycles. The van der Waals surface area contributed by atoms with Gasteiger partial charge < -0.3 is 19.7 Å². The van der Waals surface area contributed by atoms with Crippen molar-refractivity contribution < 1.29 is 19.1 Å². The second-order valence-corrected chi connectivity index (χ2v) is 10.5. The van der Waals surface area contributed by atoms with Crippen molar-refractivity contribution in [2.24, 2.45) is 0 Å². The molecule has 0 fully saturated rings. The largest absolute Gasteiger partial charge is 0.491 e. The van der Waals surface area contributed by atoms with Crippen LogP contribution in [0.4, 0.5) is 5.69 Å². The van der Waals surface area contributed by atoms with E-state index in [1.165, 1.54) is 6.42 Å². The summed E-state index contributed by atoms with van der Waals surface area (Å²) >= 11 is 0.